The Bertz CT molecular complexity index is 908. The van der Waals surface area contributed by atoms with Crippen molar-refractivity contribution in [3.63, 3.8) is 0 Å². The smallest absolute Gasteiger partial charge is 0.140 e. The predicted octanol–water partition coefficient (Wildman–Crippen LogP) is 7.16. The second-order valence-electron chi connectivity index (χ2n) is 6.33. The molecule has 2 nitrogen and oxygen atoms in total. The molecule has 5 heteroatoms. The molecule has 0 radical (unpaired) electrons. The average Bonchev–Trinajstić information content (AvgIpc) is 2.73. The number of ketones is 2. The molecule has 150 valence electrons. The summed E-state index contributed by atoms with van der Waals surface area (Å²) >= 11 is 6.50. The van der Waals surface area contributed by atoms with Crippen molar-refractivity contribution in [1.29, 1.82) is 0 Å². The molecule has 0 saturated carbocycles. The van der Waals surface area contributed by atoms with Gasteiger partial charge in [-0.15, -0.1) is 23.5 Å². The van der Waals surface area contributed by atoms with Crippen molar-refractivity contribution >= 4 is 51.0 Å². The van der Waals surface area contributed by atoms with Crippen LogP contribution in [-0.2, 0) is 9.59 Å². The Hall–Kier alpha value is -1.82. The number of thioether (sulfide) groups is 2. The number of hydrogen-bond donors (Lipinski definition) is 0. The zero-order chi connectivity index (χ0) is 21.1. The number of Topliss-reactive ketones (excluding diaryl/α,β-unsaturated/α-hetero) is 2. The molecule has 0 heterocycles. The maximum atomic E-state index is 10.9. The molecule has 0 aromatic heterocycles. The van der Waals surface area contributed by atoms with Crippen molar-refractivity contribution in [2.45, 2.75) is 23.6 Å². The molecule has 0 saturated heterocycles. The number of halogens is 1. The molecular weight excluding hydrogens is 464 g/mol. The summed E-state index contributed by atoms with van der Waals surface area (Å²) in [6, 6.07) is 26.5. The summed E-state index contributed by atoms with van der Waals surface area (Å²) in [5, 5.41) is 0. The first-order valence-electron chi connectivity index (χ1n) is 9.09. The molecule has 0 atom stereocenters. The highest BCUT2D eigenvalue weighted by Crippen LogP contribution is 2.24. The number of benzene rings is 3. The maximum absolute atomic E-state index is 10.9. The lowest BCUT2D eigenvalue weighted by Crippen LogP contribution is -1.92. The van der Waals surface area contributed by atoms with Crippen molar-refractivity contribution in [2.75, 3.05) is 11.5 Å². The van der Waals surface area contributed by atoms with Crippen LogP contribution in [0.15, 0.2) is 93.1 Å². The van der Waals surface area contributed by atoms with Crippen molar-refractivity contribution in [2.24, 2.45) is 0 Å². The summed E-state index contributed by atoms with van der Waals surface area (Å²) in [5.41, 5.74) is 2.42. The molecule has 3 aromatic rings. The van der Waals surface area contributed by atoms with Crippen LogP contribution in [0, 0.1) is 0 Å². The van der Waals surface area contributed by atoms with Gasteiger partial charge in [0, 0.05) is 14.3 Å². The van der Waals surface area contributed by atoms with Crippen molar-refractivity contribution in [1.82, 2.24) is 0 Å². The minimum absolute atomic E-state index is 0.210. The van der Waals surface area contributed by atoms with Gasteiger partial charge < -0.3 is 0 Å². The van der Waals surface area contributed by atoms with E-state index in [0.717, 1.165) is 14.3 Å². The summed E-state index contributed by atoms with van der Waals surface area (Å²) in [4.78, 5) is 23.8. The van der Waals surface area contributed by atoms with Crippen LogP contribution in [0.2, 0.25) is 0 Å². The molecule has 0 unspecified atom stereocenters. The van der Waals surface area contributed by atoms with E-state index in [2.05, 4.69) is 52.3 Å². The molecule has 3 rings (SSSR count). The van der Waals surface area contributed by atoms with Gasteiger partial charge in [0.05, 0.1) is 11.5 Å². The largest absolute Gasteiger partial charge is 0.299 e. The molecule has 0 N–H and O–H groups in total. The summed E-state index contributed by atoms with van der Waals surface area (Å²) in [5.74, 6) is 1.52. The fraction of sp³-hybridized carbons (Fsp3) is 0.167. The van der Waals surface area contributed by atoms with Crippen LogP contribution in [0.1, 0.15) is 13.8 Å². The van der Waals surface area contributed by atoms with Crippen LogP contribution in [0.4, 0.5) is 0 Å². The van der Waals surface area contributed by atoms with Gasteiger partial charge >= 0.3 is 0 Å². The van der Waals surface area contributed by atoms with E-state index < -0.39 is 0 Å². The monoisotopic (exact) mass is 486 g/mol. The normalized spacial score (nSPS) is 10.0. The van der Waals surface area contributed by atoms with E-state index in [9.17, 15) is 9.59 Å². The predicted molar refractivity (Wildman–Crippen MR) is 129 cm³/mol. The van der Waals surface area contributed by atoms with Crippen LogP contribution >= 0.6 is 39.5 Å². The van der Waals surface area contributed by atoms with E-state index in [-0.39, 0.29) is 11.6 Å². The summed E-state index contributed by atoms with van der Waals surface area (Å²) in [6.07, 6.45) is 0. The minimum atomic E-state index is 0.210. The number of carbonyl (C=O) groups excluding carboxylic acids is 2. The lowest BCUT2D eigenvalue weighted by atomic mass is 10.1. The Morgan fingerprint density at radius 3 is 1.52 bits per heavy atom. The second-order valence-corrected chi connectivity index (χ2v) is 9.34. The first kappa shape index (κ1) is 23.5. The molecular formula is C24H23BrO2S2. The Balaban J connectivity index is 0.000000221. The van der Waals surface area contributed by atoms with Gasteiger partial charge in [-0.25, -0.2) is 0 Å². The molecule has 0 aliphatic carbocycles. The lowest BCUT2D eigenvalue weighted by Gasteiger charge is -2.03. The topological polar surface area (TPSA) is 34.1 Å². The second kappa shape index (κ2) is 12.7. The van der Waals surface area contributed by atoms with Gasteiger partial charge in [-0.05, 0) is 61.4 Å². The minimum Gasteiger partial charge on any atom is -0.299 e. The Kier molecular flexibility index (Phi) is 10.3. The molecule has 29 heavy (non-hydrogen) atoms. The van der Waals surface area contributed by atoms with Crippen LogP contribution < -0.4 is 0 Å². The summed E-state index contributed by atoms with van der Waals surface area (Å²) in [6.45, 7) is 3.22. The standard InChI is InChI=1S/C15H14OS.C9H9BrOS/c1-12(16)11-17-15-9-7-14(8-10-15)13-5-3-2-4-6-13;1-7(11)6-12-9-4-2-8(10)3-5-9/h2-10H,11H2,1H3;2-5H,6H2,1H3. The SMILES string of the molecule is CC(=O)CSc1ccc(-c2ccccc2)cc1.CC(=O)CSc1ccc(Br)cc1. The van der Waals surface area contributed by atoms with Gasteiger partial charge in [0.25, 0.3) is 0 Å². The number of carbonyl (C=O) groups is 2. The third-order valence-corrected chi connectivity index (χ3v) is 6.50. The Labute approximate surface area is 189 Å². The Morgan fingerprint density at radius 2 is 1.07 bits per heavy atom. The third kappa shape index (κ3) is 9.48. The quantitative estimate of drug-likeness (QED) is 0.331. The molecule has 3 aromatic carbocycles. The van der Waals surface area contributed by atoms with Crippen molar-refractivity contribution in [3.05, 3.63) is 83.3 Å². The molecule has 0 aliphatic heterocycles. The van der Waals surface area contributed by atoms with Crippen molar-refractivity contribution < 1.29 is 9.59 Å². The van der Waals surface area contributed by atoms with E-state index in [1.165, 1.54) is 11.1 Å². The highest BCUT2D eigenvalue weighted by molar-refractivity contribution is 9.10. The van der Waals surface area contributed by atoms with Crippen molar-refractivity contribution in [3.8, 4) is 11.1 Å². The maximum Gasteiger partial charge on any atom is 0.140 e. The van der Waals surface area contributed by atoms with E-state index in [0.29, 0.717) is 11.5 Å². The molecule has 0 amide bonds. The fourth-order valence-corrected chi connectivity index (χ4v) is 3.94. The first-order valence-corrected chi connectivity index (χ1v) is 11.9. The fourth-order valence-electron chi connectivity index (χ4n) is 2.27. The molecule has 0 aliphatic rings. The van der Waals surface area contributed by atoms with Gasteiger partial charge in [0.1, 0.15) is 11.6 Å². The van der Waals surface area contributed by atoms with Gasteiger partial charge in [-0.1, -0.05) is 58.4 Å². The summed E-state index contributed by atoms with van der Waals surface area (Å²) < 4.78 is 1.06. The number of hydrogen-bond acceptors (Lipinski definition) is 4. The van der Waals surface area contributed by atoms with Gasteiger partial charge in [0.15, 0.2) is 0 Å². The Morgan fingerprint density at radius 1 is 0.655 bits per heavy atom. The lowest BCUT2D eigenvalue weighted by molar-refractivity contribution is -0.115. The average molecular weight is 487 g/mol. The van der Waals surface area contributed by atoms with E-state index in [4.69, 9.17) is 0 Å². The van der Waals surface area contributed by atoms with Gasteiger partial charge in [-0.2, -0.15) is 0 Å². The van der Waals surface area contributed by atoms with Gasteiger partial charge in [0.2, 0.25) is 0 Å². The van der Waals surface area contributed by atoms with Crippen LogP contribution in [-0.4, -0.2) is 23.1 Å². The molecule has 0 bridgehead atoms. The zero-order valence-electron chi connectivity index (χ0n) is 16.4. The van der Waals surface area contributed by atoms with Crippen LogP contribution in [0.5, 0.6) is 0 Å². The third-order valence-electron chi connectivity index (χ3n) is 3.66. The van der Waals surface area contributed by atoms with Crippen LogP contribution in [0.3, 0.4) is 0 Å². The highest BCUT2D eigenvalue weighted by Gasteiger charge is 1.99. The van der Waals surface area contributed by atoms with E-state index in [1.54, 1.807) is 37.4 Å². The zero-order valence-corrected chi connectivity index (χ0v) is 19.6. The highest BCUT2D eigenvalue weighted by atomic mass is 79.9. The van der Waals surface area contributed by atoms with Gasteiger partial charge in [-0.3, -0.25) is 9.59 Å². The first-order chi connectivity index (χ1) is 13.9. The molecule has 0 fully saturated rings. The molecule has 0 spiro atoms. The summed E-state index contributed by atoms with van der Waals surface area (Å²) in [7, 11) is 0. The number of rotatable bonds is 7. The van der Waals surface area contributed by atoms with Crippen LogP contribution in [0.25, 0.3) is 11.1 Å². The van der Waals surface area contributed by atoms with E-state index >= 15 is 0 Å². The van der Waals surface area contributed by atoms with E-state index in [1.807, 2.05) is 42.5 Å².